The number of carbonyl (C=O) groups excluding carboxylic acids is 5. The monoisotopic (exact) mass is 844 g/mol. The number of aryl methyl sites for hydroxylation is 1. The molecule has 0 aromatic heterocycles. The minimum Gasteiger partial charge on any atom is -0.549 e. The predicted octanol–water partition coefficient (Wildman–Crippen LogP) is -5.14. The second-order valence-electron chi connectivity index (χ2n) is 14.2. The van der Waals surface area contributed by atoms with E-state index in [0.29, 0.717) is 32.1 Å². The first-order valence-electron chi connectivity index (χ1n) is 19.0. The molecule has 0 spiro atoms. The maximum atomic E-state index is 13.7. The number of likely N-dealkylation sites (tertiary alicyclic amines) is 1. The van der Waals surface area contributed by atoms with Crippen molar-refractivity contribution in [3.63, 3.8) is 0 Å². The SMILES string of the molecule is O=C([O-])CN1CCN(CC(=O)[O-])CCN(CC(=O)NCCCC[C@H](N[C@@H](CCc2ccccc2)C(=O)O)C(=O)N2CCC[C@H]2C(=O)O)CCN(CC(=O)[O-])CC1.[Fe+3]. The van der Waals surface area contributed by atoms with Gasteiger partial charge in [0.1, 0.15) is 12.1 Å². The number of rotatable bonds is 21. The van der Waals surface area contributed by atoms with Gasteiger partial charge in [0.25, 0.3) is 0 Å². The summed E-state index contributed by atoms with van der Waals surface area (Å²) in [6.07, 6.45) is 2.49. The van der Waals surface area contributed by atoms with E-state index in [4.69, 9.17) is 0 Å². The second kappa shape index (κ2) is 26.0. The fourth-order valence-electron chi connectivity index (χ4n) is 6.96. The maximum absolute atomic E-state index is 13.7. The molecule has 3 rings (SSSR count). The summed E-state index contributed by atoms with van der Waals surface area (Å²) in [7, 11) is 0. The maximum Gasteiger partial charge on any atom is 3.00 e. The summed E-state index contributed by atoms with van der Waals surface area (Å²) in [5, 5.41) is 59.7. The number of nitrogens with zero attached hydrogens (tertiary/aromatic N) is 5. The molecule has 2 aliphatic heterocycles. The Balaban J connectivity index is 0.0000112. The van der Waals surface area contributed by atoms with Crippen molar-refractivity contribution in [2.75, 3.05) is 91.6 Å². The largest absolute Gasteiger partial charge is 3.00 e. The molecular formula is C37H54FeN7O12. The molecule has 20 heteroatoms. The molecule has 1 aromatic carbocycles. The van der Waals surface area contributed by atoms with Gasteiger partial charge in [-0.2, -0.15) is 0 Å². The van der Waals surface area contributed by atoms with Crippen molar-refractivity contribution in [3.8, 4) is 0 Å². The molecule has 57 heavy (non-hydrogen) atoms. The Morgan fingerprint density at radius 3 is 1.61 bits per heavy atom. The number of carboxylic acids is 5. The van der Waals surface area contributed by atoms with Gasteiger partial charge in [-0.3, -0.25) is 39.3 Å². The number of benzene rings is 1. The Morgan fingerprint density at radius 2 is 1.16 bits per heavy atom. The van der Waals surface area contributed by atoms with Crippen LogP contribution in [0.2, 0.25) is 0 Å². The van der Waals surface area contributed by atoms with Crippen molar-refractivity contribution >= 4 is 41.7 Å². The minimum atomic E-state index is -1.32. The van der Waals surface area contributed by atoms with Crippen LogP contribution >= 0.6 is 0 Å². The number of carbonyl (C=O) groups is 7. The van der Waals surface area contributed by atoms with E-state index < -0.39 is 73.5 Å². The zero-order chi connectivity index (χ0) is 41.0. The van der Waals surface area contributed by atoms with Crippen molar-refractivity contribution in [2.45, 2.75) is 63.1 Å². The minimum absolute atomic E-state index is 0. The van der Waals surface area contributed by atoms with Crippen LogP contribution in [-0.4, -0.2) is 186 Å². The van der Waals surface area contributed by atoms with Crippen LogP contribution < -0.4 is 26.0 Å². The standard InChI is InChI=1S/C37H57N7O12.Fe/c45-31(23-40-15-17-41(24-32(46)47)19-21-43(26-34(50)51)22-20-42(18-16-40)25-33(48)49)38-13-5-4-9-28(35(52)44-14-6-10-30(44)37(55)56)39-29(36(53)54)12-11-27-7-2-1-3-8-27;/h1-3,7-8,28-30,39H,4-6,9-26H2,(H,38,45)(H,46,47)(H,48,49)(H,50,51)(H,53,54)(H,55,56);/q;+3/p-3/t28-,29-,30-;/m0./s1. The van der Waals surface area contributed by atoms with E-state index in [1.54, 1.807) is 14.7 Å². The molecule has 4 N–H and O–H groups in total. The number of carboxylic acid groups (broad SMARTS) is 5. The van der Waals surface area contributed by atoms with Gasteiger partial charge in [0, 0.05) is 85.1 Å². The van der Waals surface area contributed by atoms with E-state index in [1.165, 1.54) is 9.80 Å². The van der Waals surface area contributed by atoms with Gasteiger partial charge in [0.15, 0.2) is 0 Å². The molecule has 0 aliphatic carbocycles. The van der Waals surface area contributed by atoms with Gasteiger partial charge in [-0.25, -0.2) is 4.79 Å². The molecule has 2 heterocycles. The summed E-state index contributed by atoms with van der Waals surface area (Å²) in [6, 6.07) is 6.29. The van der Waals surface area contributed by atoms with Crippen LogP contribution in [0.4, 0.5) is 0 Å². The summed E-state index contributed by atoms with van der Waals surface area (Å²) >= 11 is 0. The zero-order valence-corrected chi connectivity index (χ0v) is 33.1. The van der Waals surface area contributed by atoms with Crippen molar-refractivity contribution < 1.29 is 76.2 Å². The van der Waals surface area contributed by atoms with Gasteiger partial charge in [-0.1, -0.05) is 30.3 Å². The topological polar surface area (TPSA) is 269 Å². The second-order valence-corrected chi connectivity index (χ2v) is 14.2. The van der Waals surface area contributed by atoms with Crippen LogP contribution in [0.3, 0.4) is 0 Å². The van der Waals surface area contributed by atoms with Gasteiger partial charge in [-0.05, 0) is 50.5 Å². The molecule has 2 saturated heterocycles. The quantitative estimate of drug-likeness (QED) is 0.0666. The Hall–Kier alpha value is -4.17. The average molecular weight is 845 g/mol. The molecule has 0 saturated carbocycles. The third-order valence-corrected chi connectivity index (χ3v) is 9.98. The molecule has 3 atom stereocenters. The number of aliphatic carboxylic acids is 5. The van der Waals surface area contributed by atoms with Crippen LogP contribution in [0.1, 0.15) is 44.1 Å². The van der Waals surface area contributed by atoms with E-state index in [1.807, 2.05) is 30.3 Å². The first-order chi connectivity index (χ1) is 26.7. The number of nitrogens with one attached hydrogen (secondary N) is 2. The van der Waals surface area contributed by atoms with E-state index in [2.05, 4.69) is 10.6 Å². The average Bonchev–Trinajstić information content (AvgIpc) is 3.63. The first-order valence-corrected chi connectivity index (χ1v) is 19.0. The summed E-state index contributed by atoms with van der Waals surface area (Å²) in [5.41, 5.74) is 0.935. The van der Waals surface area contributed by atoms with E-state index in [0.717, 1.165) is 5.56 Å². The third kappa shape index (κ3) is 18.8. The zero-order valence-electron chi connectivity index (χ0n) is 32.0. The molecule has 0 bridgehead atoms. The Kier molecular flexibility index (Phi) is 22.3. The smallest absolute Gasteiger partial charge is 0.549 e. The van der Waals surface area contributed by atoms with Crippen LogP contribution in [0, 0.1) is 0 Å². The van der Waals surface area contributed by atoms with Crippen molar-refractivity contribution in [3.05, 3.63) is 35.9 Å². The molecular weight excluding hydrogens is 790 g/mol. The van der Waals surface area contributed by atoms with Crippen molar-refractivity contribution in [1.29, 1.82) is 0 Å². The Morgan fingerprint density at radius 1 is 0.667 bits per heavy atom. The summed E-state index contributed by atoms with van der Waals surface area (Å²) in [5.74, 6) is -7.05. The number of unbranched alkanes of at least 4 members (excludes halogenated alkanes) is 1. The molecule has 317 valence electrons. The van der Waals surface area contributed by atoms with Crippen molar-refractivity contribution in [2.24, 2.45) is 0 Å². The number of amides is 2. The molecule has 2 fully saturated rings. The van der Waals surface area contributed by atoms with Crippen LogP contribution in [0.5, 0.6) is 0 Å². The van der Waals surface area contributed by atoms with Gasteiger partial charge in [0.2, 0.25) is 11.8 Å². The summed E-state index contributed by atoms with van der Waals surface area (Å²) < 4.78 is 0. The number of hydrogen-bond acceptors (Lipinski definition) is 15. The molecule has 2 amide bonds. The van der Waals surface area contributed by atoms with Gasteiger partial charge in [0.05, 0.1) is 30.5 Å². The van der Waals surface area contributed by atoms with Gasteiger partial charge < -0.3 is 50.1 Å². The van der Waals surface area contributed by atoms with Gasteiger partial charge in [-0.15, -0.1) is 0 Å². The predicted molar refractivity (Wildman–Crippen MR) is 193 cm³/mol. The third-order valence-electron chi connectivity index (χ3n) is 9.98. The molecule has 2 aliphatic rings. The van der Waals surface area contributed by atoms with E-state index in [-0.39, 0.29) is 108 Å². The van der Waals surface area contributed by atoms with Gasteiger partial charge >= 0.3 is 29.0 Å². The normalized spacial score (nSPS) is 18.9. The van der Waals surface area contributed by atoms with Crippen LogP contribution in [0.15, 0.2) is 30.3 Å². The summed E-state index contributed by atoms with van der Waals surface area (Å²) in [6.45, 7) is 0.694. The van der Waals surface area contributed by atoms with Crippen LogP contribution in [-0.2, 0) is 57.1 Å². The Bertz CT molecular complexity index is 1440. The molecule has 1 radical (unpaired) electrons. The molecule has 19 nitrogen and oxygen atoms in total. The summed E-state index contributed by atoms with van der Waals surface area (Å²) in [4.78, 5) is 92.8. The van der Waals surface area contributed by atoms with E-state index >= 15 is 0 Å². The molecule has 1 aromatic rings. The van der Waals surface area contributed by atoms with Crippen molar-refractivity contribution in [1.82, 2.24) is 35.1 Å². The van der Waals surface area contributed by atoms with E-state index in [9.17, 15) is 59.1 Å². The first kappa shape index (κ1) is 49.0. The fraction of sp³-hybridized carbons (Fsp3) is 0.649. The number of hydrogen-bond donors (Lipinski definition) is 4. The Labute approximate surface area is 342 Å². The molecule has 0 unspecified atom stereocenters. The van der Waals surface area contributed by atoms with Crippen LogP contribution in [0.25, 0.3) is 0 Å². The fourth-order valence-corrected chi connectivity index (χ4v) is 6.96.